The number of nitrogens with one attached hydrogen (secondary N) is 1. The molecule has 1 saturated heterocycles. The van der Waals surface area contributed by atoms with Crippen LogP contribution in [0.25, 0.3) is 6.08 Å². The van der Waals surface area contributed by atoms with Crippen LogP contribution in [0.1, 0.15) is 11.5 Å². The Bertz CT molecular complexity index is 694. The number of aromatic nitrogens is 1. The summed E-state index contributed by atoms with van der Waals surface area (Å²) in [6.07, 6.45) is 4.86. The van der Waals surface area contributed by atoms with Crippen molar-refractivity contribution in [3.8, 4) is 5.75 Å². The van der Waals surface area contributed by atoms with E-state index in [0.29, 0.717) is 20.9 Å². The van der Waals surface area contributed by atoms with E-state index < -0.39 is 0 Å². The number of carbonyl (C=O) groups excluding carboxylic acids is 1. The zero-order valence-corrected chi connectivity index (χ0v) is 12.4. The second-order valence-corrected chi connectivity index (χ2v) is 5.85. The van der Waals surface area contributed by atoms with Gasteiger partial charge in [-0.15, -0.1) is 0 Å². The summed E-state index contributed by atoms with van der Waals surface area (Å²) in [5.41, 5.74) is 0.904. The zero-order valence-electron chi connectivity index (χ0n) is 10.7. The third-order valence-electron chi connectivity index (χ3n) is 2.67. The van der Waals surface area contributed by atoms with Gasteiger partial charge in [0, 0.05) is 0 Å². The molecule has 0 aliphatic carbocycles. The lowest BCUT2D eigenvalue weighted by Gasteiger charge is -2.03. The molecule has 0 unspecified atom stereocenters. The molecule has 0 saturated carbocycles. The summed E-state index contributed by atoms with van der Waals surface area (Å²) in [5, 5.41) is 2.58. The van der Waals surface area contributed by atoms with Crippen LogP contribution in [0.4, 0.5) is 0 Å². The average molecular weight is 318 g/mol. The number of amides is 1. The normalized spacial score (nSPS) is 16.3. The minimum absolute atomic E-state index is 0.158. The van der Waals surface area contributed by atoms with E-state index in [-0.39, 0.29) is 12.5 Å². The second kappa shape index (κ2) is 6.11. The Morgan fingerprint density at radius 1 is 1.38 bits per heavy atom. The molecule has 21 heavy (non-hydrogen) atoms. The van der Waals surface area contributed by atoms with Crippen LogP contribution in [-0.2, 0) is 11.4 Å². The van der Waals surface area contributed by atoms with E-state index in [2.05, 4.69) is 10.3 Å². The van der Waals surface area contributed by atoms with Crippen LogP contribution in [0, 0.1) is 0 Å². The van der Waals surface area contributed by atoms with Crippen molar-refractivity contribution < 1.29 is 13.9 Å². The maximum Gasteiger partial charge on any atom is 0.263 e. The summed E-state index contributed by atoms with van der Waals surface area (Å²) in [4.78, 5) is 16.1. The minimum Gasteiger partial charge on any atom is -0.484 e. The predicted octanol–water partition coefficient (Wildman–Crippen LogP) is 2.74. The molecule has 5 nitrogen and oxygen atoms in total. The van der Waals surface area contributed by atoms with Crippen LogP contribution in [0.2, 0.25) is 0 Å². The summed E-state index contributed by atoms with van der Waals surface area (Å²) in [7, 11) is 0. The highest BCUT2D eigenvalue weighted by Gasteiger charge is 2.21. The van der Waals surface area contributed by atoms with Gasteiger partial charge in [0.15, 0.2) is 6.61 Å². The van der Waals surface area contributed by atoms with Crippen LogP contribution >= 0.6 is 24.0 Å². The van der Waals surface area contributed by atoms with Gasteiger partial charge < -0.3 is 14.5 Å². The van der Waals surface area contributed by atoms with E-state index in [0.717, 1.165) is 5.56 Å². The molecule has 106 valence electrons. The molecule has 3 rings (SSSR count). The third-order valence-corrected chi connectivity index (χ3v) is 3.83. The van der Waals surface area contributed by atoms with Crippen molar-refractivity contribution in [2.45, 2.75) is 6.61 Å². The van der Waals surface area contributed by atoms with Crippen molar-refractivity contribution in [1.82, 2.24) is 10.3 Å². The molecule has 0 radical (unpaired) electrons. The van der Waals surface area contributed by atoms with E-state index in [4.69, 9.17) is 21.4 Å². The first-order valence-corrected chi connectivity index (χ1v) is 7.29. The van der Waals surface area contributed by atoms with Gasteiger partial charge in [0.25, 0.3) is 5.91 Å². The molecular formula is C14H10N2O3S2. The van der Waals surface area contributed by atoms with Crippen LogP contribution in [0.15, 0.2) is 46.0 Å². The van der Waals surface area contributed by atoms with Gasteiger partial charge in [-0.05, 0) is 23.8 Å². The number of rotatable bonds is 4. The van der Waals surface area contributed by atoms with Crippen molar-refractivity contribution in [2.24, 2.45) is 0 Å². The fourth-order valence-electron chi connectivity index (χ4n) is 1.70. The van der Waals surface area contributed by atoms with Crippen molar-refractivity contribution in [1.29, 1.82) is 0 Å². The molecular weight excluding hydrogens is 308 g/mol. The summed E-state index contributed by atoms with van der Waals surface area (Å²) >= 11 is 6.20. The molecule has 1 aromatic heterocycles. The molecule has 2 heterocycles. The van der Waals surface area contributed by atoms with Gasteiger partial charge in [-0.25, -0.2) is 4.98 Å². The number of carbonyl (C=O) groups is 1. The van der Waals surface area contributed by atoms with Gasteiger partial charge in [0.1, 0.15) is 16.3 Å². The minimum atomic E-state index is -0.158. The van der Waals surface area contributed by atoms with Crippen molar-refractivity contribution in [3.05, 3.63) is 53.1 Å². The highest BCUT2D eigenvalue weighted by molar-refractivity contribution is 8.26. The Morgan fingerprint density at radius 2 is 2.19 bits per heavy atom. The van der Waals surface area contributed by atoms with Crippen molar-refractivity contribution in [2.75, 3.05) is 0 Å². The number of thiocarbonyl (C=S) groups is 1. The Labute approximate surface area is 130 Å². The molecule has 1 fully saturated rings. The molecule has 1 aromatic carbocycles. The topological polar surface area (TPSA) is 64.4 Å². The van der Waals surface area contributed by atoms with Crippen LogP contribution in [0.5, 0.6) is 5.75 Å². The summed E-state index contributed by atoms with van der Waals surface area (Å²) in [6.45, 7) is 0.278. The second-order valence-electron chi connectivity index (χ2n) is 4.14. The monoisotopic (exact) mass is 318 g/mol. The van der Waals surface area contributed by atoms with E-state index in [1.54, 1.807) is 12.3 Å². The molecule has 0 bridgehead atoms. The maximum absolute atomic E-state index is 11.6. The van der Waals surface area contributed by atoms with Crippen LogP contribution in [0.3, 0.4) is 0 Å². The van der Waals surface area contributed by atoms with E-state index in [1.165, 1.54) is 18.0 Å². The lowest BCUT2D eigenvalue weighted by atomic mass is 10.2. The predicted molar refractivity (Wildman–Crippen MR) is 83.6 cm³/mol. The number of benzene rings is 1. The van der Waals surface area contributed by atoms with Gasteiger partial charge in [-0.2, -0.15) is 0 Å². The fourth-order valence-corrected chi connectivity index (χ4v) is 2.75. The number of hydrogen-bond acceptors (Lipinski definition) is 6. The lowest BCUT2D eigenvalue weighted by molar-refractivity contribution is -0.115. The van der Waals surface area contributed by atoms with E-state index >= 15 is 0 Å². The van der Waals surface area contributed by atoms with Gasteiger partial charge in [0.2, 0.25) is 5.89 Å². The fraction of sp³-hybridized carbons (Fsp3) is 0.0714. The first-order chi connectivity index (χ1) is 10.2. The lowest BCUT2D eigenvalue weighted by Crippen LogP contribution is -2.17. The first-order valence-electron chi connectivity index (χ1n) is 6.07. The van der Waals surface area contributed by atoms with Gasteiger partial charge in [-0.3, -0.25) is 4.79 Å². The zero-order chi connectivity index (χ0) is 14.7. The molecule has 1 amide bonds. The quantitative estimate of drug-likeness (QED) is 0.691. The summed E-state index contributed by atoms with van der Waals surface area (Å²) in [6, 6.07) is 7.39. The summed E-state index contributed by atoms with van der Waals surface area (Å²) in [5.74, 6) is 1.07. The van der Waals surface area contributed by atoms with E-state index in [9.17, 15) is 4.79 Å². The standard InChI is InChI=1S/C14H10N2O3S2/c17-13-11(21-14(20)16-13)7-9-1-3-10(4-2-9)19-8-12-15-5-6-18-12/h1-7H,8H2,(H,16,17,20)/b11-7-. The SMILES string of the molecule is O=C1NC(=S)S/C1=C\c1ccc(OCc2ncco2)cc1. The Morgan fingerprint density at radius 3 is 2.81 bits per heavy atom. The summed E-state index contributed by atoms with van der Waals surface area (Å²) < 4.78 is 11.1. The number of thioether (sulfide) groups is 1. The molecule has 7 heteroatoms. The Balaban J connectivity index is 1.65. The highest BCUT2D eigenvalue weighted by Crippen LogP contribution is 2.26. The van der Waals surface area contributed by atoms with Gasteiger partial charge >= 0.3 is 0 Å². The van der Waals surface area contributed by atoms with Crippen LogP contribution in [-0.4, -0.2) is 15.2 Å². The molecule has 1 N–H and O–H groups in total. The molecule has 1 aliphatic heterocycles. The smallest absolute Gasteiger partial charge is 0.263 e. The number of nitrogens with zero attached hydrogens (tertiary/aromatic N) is 1. The van der Waals surface area contributed by atoms with Gasteiger partial charge in [-0.1, -0.05) is 36.1 Å². The van der Waals surface area contributed by atoms with Crippen molar-refractivity contribution >= 4 is 40.3 Å². The molecule has 0 spiro atoms. The van der Waals surface area contributed by atoms with Crippen LogP contribution < -0.4 is 10.1 Å². The Hall–Kier alpha value is -2.12. The molecule has 2 aromatic rings. The highest BCUT2D eigenvalue weighted by atomic mass is 32.2. The first kappa shape index (κ1) is 13.8. The third kappa shape index (κ3) is 3.50. The number of oxazole rings is 1. The number of hydrogen-bond donors (Lipinski definition) is 1. The van der Waals surface area contributed by atoms with Crippen molar-refractivity contribution in [3.63, 3.8) is 0 Å². The molecule has 1 aliphatic rings. The maximum atomic E-state index is 11.6. The Kier molecular flexibility index (Phi) is 4.03. The largest absolute Gasteiger partial charge is 0.484 e. The van der Waals surface area contributed by atoms with Gasteiger partial charge in [0.05, 0.1) is 11.1 Å². The average Bonchev–Trinajstić information content (AvgIpc) is 3.08. The molecule has 0 atom stereocenters. The van der Waals surface area contributed by atoms with E-state index in [1.807, 2.05) is 24.3 Å². The number of ether oxygens (including phenoxy) is 1.